The Hall–Kier alpha value is -5.80. The predicted molar refractivity (Wildman–Crippen MR) is 222 cm³/mol. The molecule has 0 aromatic heterocycles. The molecule has 10 aromatic rings. The number of aliphatic hydroxyl groups excluding tert-OH is 2. The molecule has 0 radical (unpaired) electrons. The van der Waals surface area contributed by atoms with Gasteiger partial charge in [0.25, 0.3) is 0 Å². The largest absolute Gasteiger partial charge is 0.392 e. The summed E-state index contributed by atoms with van der Waals surface area (Å²) in [6.45, 7) is 6.96. The molecule has 0 spiro atoms. The van der Waals surface area contributed by atoms with Gasteiger partial charge in [-0.15, -0.1) is 0 Å². The van der Waals surface area contributed by atoms with E-state index in [2.05, 4.69) is 148 Å². The summed E-state index contributed by atoms with van der Waals surface area (Å²) >= 11 is 0. The summed E-state index contributed by atoms with van der Waals surface area (Å²) in [5, 5.41) is 36.7. The first-order chi connectivity index (χ1) is 25.3. The van der Waals surface area contributed by atoms with E-state index in [0.29, 0.717) is 0 Å². The van der Waals surface area contributed by atoms with Crippen LogP contribution in [0.15, 0.2) is 140 Å². The zero-order valence-electron chi connectivity index (χ0n) is 29.6. The second-order valence-electron chi connectivity index (χ2n) is 15.6. The van der Waals surface area contributed by atoms with Gasteiger partial charge in [-0.05, 0) is 150 Å². The molecule has 0 saturated heterocycles. The van der Waals surface area contributed by atoms with Gasteiger partial charge < -0.3 is 10.2 Å². The van der Waals surface area contributed by atoms with Crippen LogP contribution >= 0.6 is 0 Å². The first kappa shape index (κ1) is 31.0. The summed E-state index contributed by atoms with van der Waals surface area (Å²) in [7, 11) is 0. The van der Waals surface area contributed by atoms with Crippen molar-refractivity contribution >= 4 is 75.4 Å². The Balaban J connectivity index is 1.25. The quantitative estimate of drug-likeness (QED) is 0.183. The predicted octanol–water partition coefficient (Wildman–Crippen LogP) is 12.8. The van der Waals surface area contributed by atoms with Crippen LogP contribution in [0.5, 0.6) is 0 Å². The summed E-state index contributed by atoms with van der Waals surface area (Å²) < 4.78 is 0. The van der Waals surface area contributed by atoms with Gasteiger partial charge >= 0.3 is 0 Å². The number of hydrogen-bond donors (Lipinski definition) is 2. The minimum absolute atomic E-state index is 0.0423. The molecule has 0 fully saturated rings. The van der Waals surface area contributed by atoms with E-state index >= 15 is 0 Å². The first-order valence-electron chi connectivity index (χ1n) is 18.2. The van der Waals surface area contributed by atoms with E-state index in [0.717, 1.165) is 21.9 Å². The Morgan fingerprint density at radius 2 is 0.750 bits per heavy atom. The zero-order valence-corrected chi connectivity index (χ0v) is 29.6. The van der Waals surface area contributed by atoms with Gasteiger partial charge in [0, 0.05) is 0 Å². The average molecular weight is 671 g/mol. The van der Waals surface area contributed by atoms with Crippen LogP contribution in [0.4, 0.5) is 0 Å². The lowest BCUT2D eigenvalue weighted by atomic mass is 9.81. The van der Waals surface area contributed by atoms with Crippen molar-refractivity contribution in [3.8, 4) is 22.3 Å². The highest BCUT2D eigenvalue weighted by molar-refractivity contribution is 6.28. The Labute approximate surface area is 302 Å². The second kappa shape index (κ2) is 11.4. The minimum Gasteiger partial charge on any atom is -0.392 e. The van der Waals surface area contributed by atoms with Crippen LogP contribution in [-0.2, 0) is 18.6 Å². The van der Waals surface area contributed by atoms with Crippen LogP contribution < -0.4 is 0 Å². The number of benzene rings is 10. The van der Waals surface area contributed by atoms with E-state index in [9.17, 15) is 10.2 Å². The van der Waals surface area contributed by atoms with Gasteiger partial charge in [0.1, 0.15) is 0 Å². The van der Waals surface area contributed by atoms with Crippen LogP contribution in [0.25, 0.3) is 97.7 Å². The normalized spacial score (nSPS) is 12.5. The van der Waals surface area contributed by atoms with Crippen molar-refractivity contribution in [1.82, 2.24) is 0 Å². The van der Waals surface area contributed by atoms with Gasteiger partial charge in [-0.3, -0.25) is 0 Å². The smallest absolute Gasteiger partial charge is 0.0682 e. The lowest BCUT2D eigenvalue weighted by Gasteiger charge is -2.23. The van der Waals surface area contributed by atoms with Crippen molar-refractivity contribution in [2.45, 2.75) is 39.4 Å². The van der Waals surface area contributed by atoms with Crippen molar-refractivity contribution in [2.75, 3.05) is 0 Å². The molecule has 0 aliphatic heterocycles. The fourth-order valence-electron chi connectivity index (χ4n) is 8.60. The lowest BCUT2D eigenvalue weighted by molar-refractivity contribution is 0.282. The molecule has 2 heteroatoms. The topological polar surface area (TPSA) is 40.5 Å². The zero-order chi connectivity index (χ0) is 35.3. The van der Waals surface area contributed by atoms with Crippen molar-refractivity contribution in [3.63, 3.8) is 0 Å². The summed E-state index contributed by atoms with van der Waals surface area (Å²) in [6.07, 6.45) is 0. The maximum atomic E-state index is 9.72. The van der Waals surface area contributed by atoms with E-state index in [-0.39, 0.29) is 18.6 Å². The van der Waals surface area contributed by atoms with Crippen molar-refractivity contribution in [2.24, 2.45) is 0 Å². The third-order valence-electron chi connectivity index (χ3n) is 11.4. The van der Waals surface area contributed by atoms with Crippen molar-refractivity contribution < 1.29 is 10.2 Å². The number of rotatable bonds is 4. The highest BCUT2D eigenvalue weighted by Gasteiger charge is 2.21. The monoisotopic (exact) mass is 670 g/mol. The van der Waals surface area contributed by atoms with Gasteiger partial charge in [0.05, 0.1) is 13.2 Å². The molecule has 0 heterocycles. The molecule has 52 heavy (non-hydrogen) atoms. The lowest BCUT2D eigenvalue weighted by Crippen LogP contribution is -2.10. The van der Waals surface area contributed by atoms with Crippen molar-refractivity contribution in [3.05, 3.63) is 156 Å². The fraction of sp³-hybridized carbons (Fsp3) is 0.120. The third kappa shape index (κ3) is 4.72. The van der Waals surface area contributed by atoms with Gasteiger partial charge in [-0.2, -0.15) is 0 Å². The Bertz CT molecular complexity index is 2880. The molecule has 250 valence electrons. The van der Waals surface area contributed by atoms with Gasteiger partial charge in [0.15, 0.2) is 0 Å². The van der Waals surface area contributed by atoms with Gasteiger partial charge in [0.2, 0.25) is 0 Å². The summed E-state index contributed by atoms with van der Waals surface area (Å²) in [6, 6.07) is 51.5. The molecule has 0 atom stereocenters. The second-order valence-corrected chi connectivity index (χ2v) is 15.6. The molecule has 0 amide bonds. The third-order valence-corrected chi connectivity index (χ3v) is 11.4. The molecule has 0 unspecified atom stereocenters. The Morgan fingerprint density at radius 1 is 0.365 bits per heavy atom. The Kier molecular flexibility index (Phi) is 6.76. The Morgan fingerprint density at radius 3 is 1.17 bits per heavy atom. The maximum absolute atomic E-state index is 9.72. The summed E-state index contributed by atoms with van der Waals surface area (Å²) in [4.78, 5) is 0. The van der Waals surface area contributed by atoms with Crippen LogP contribution in [-0.4, -0.2) is 10.2 Å². The summed E-state index contributed by atoms with van der Waals surface area (Å²) in [5.74, 6) is 0. The molecular formula is C50H38O2. The van der Waals surface area contributed by atoms with Crippen LogP contribution in [0.3, 0.4) is 0 Å². The molecule has 10 aromatic carbocycles. The van der Waals surface area contributed by atoms with Gasteiger partial charge in [-0.1, -0.05) is 130 Å². The molecule has 0 aliphatic rings. The highest BCUT2D eigenvalue weighted by atomic mass is 16.3. The molecule has 0 aliphatic carbocycles. The fourth-order valence-corrected chi connectivity index (χ4v) is 8.60. The molecule has 2 N–H and O–H groups in total. The molecule has 2 nitrogen and oxygen atoms in total. The maximum Gasteiger partial charge on any atom is 0.0682 e. The minimum atomic E-state index is 0.0423. The van der Waals surface area contributed by atoms with E-state index in [1.165, 1.54) is 92.5 Å². The molecule has 0 saturated carbocycles. The van der Waals surface area contributed by atoms with Crippen LogP contribution in [0.2, 0.25) is 0 Å². The van der Waals surface area contributed by atoms with E-state index in [1.807, 2.05) is 12.1 Å². The standard InChI is InChI=1S/C50H38O2/c1-50(2,3)39-24-37-12-18-44-46(35-10-16-42-33(22-35)8-6-31-20-29(27-51)4-14-40(31)42)26-47(45-19-13-38(25-39)48(37)49(44)45)36-11-17-43-34(23-36)9-7-32-21-30(28-52)5-15-41(32)43/h4-26,51-52H,27-28H2,1-3H3. The summed E-state index contributed by atoms with van der Waals surface area (Å²) in [5.41, 5.74) is 8.09. The van der Waals surface area contributed by atoms with Gasteiger partial charge in [-0.25, -0.2) is 0 Å². The SMILES string of the molecule is CC(C)(C)c1cc2ccc3c(-c4ccc5c(ccc6cc(CO)ccc65)c4)cc(-c4ccc5c(ccc6cc(CO)ccc65)c4)c4ccc(c1)c2c34. The average Bonchev–Trinajstić information content (AvgIpc) is 3.18. The first-order valence-corrected chi connectivity index (χ1v) is 18.2. The molecule has 0 bridgehead atoms. The number of fused-ring (bicyclic) bond motifs is 6. The van der Waals surface area contributed by atoms with E-state index in [1.54, 1.807) is 0 Å². The van der Waals surface area contributed by atoms with E-state index < -0.39 is 0 Å². The van der Waals surface area contributed by atoms with Crippen LogP contribution in [0.1, 0.15) is 37.5 Å². The molecular weight excluding hydrogens is 633 g/mol. The molecule has 10 rings (SSSR count). The van der Waals surface area contributed by atoms with Crippen molar-refractivity contribution in [1.29, 1.82) is 0 Å². The van der Waals surface area contributed by atoms with E-state index in [4.69, 9.17) is 0 Å². The number of hydrogen-bond acceptors (Lipinski definition) is 2. The highest BCUT2D eigenvalue weighted by Crippen LogP contribution is 2.46. The number of aliphatic hydroxyl groups is 2. The van der Waals surface area contributed by atoms with Crippen LogP contribution in [0, 0.1) is 0 Å².